The Morgan fingerprint density at radius 1 is 1.05 bits per heavy atom. The summed E-state index contributed by atoms with van der Waals surface area (Å²) in [5, 5.41) is 2.73. The molecule has 40 heavy (non-hydrogen) atoms. The molecular weight excluding hydrogens is 537 g/mol. The molecule has 1 N–H and O–H groups in total. The summed E-state index contributed by atoms with van der Waals surface area (Å²) in [4.78, 5) is 52.6. The lowest BCUT2D eigenvalue weighted by molar-refractivity contribution is -0.139. The highest BCUT2D eigenvalue weighted by Gasteiger charge is 2.40. The molecule has 1 aliphatic carbocycles. The van der Waals surface area contributed by atoms with E-state index >= 15 is 0 Å². The number of alkyl halides is 1. The number of likely N-dealkylation sites (tertiary alicyclic amines) is 1. The number of rotatable bonds is 10. The summed E-state index contributed by atoms with van der Waals surface area (Å²) in [7, 11) is -3.51. The second-order valence-electron chi connectivity index (χ2n) is 10.5. The third-order valence-corrected chi connectivity index (χ3v) is 9.59. The maximum atomic E-state index is 14.4. The van der Waals surface area contributed by atoms with Crippen molar-refractivity contribution in [1.82, 2.24) is 14.8 Å². The summed E-state index contributed by atoms with van der Waals surface area (Å²) in [6.45, 7) is 1.15. The van der Waals surface area contributed by atoms with Crippen LogP contribution in [0.15, 0.2) is 54.7 Å². The number of nitrogens with one attached hydrogen (secondary N) is 1. The van der Waals surface area contributed by atoms with E-state index in [-0.39, 0.29) is 43.0 Å². The van der Waals surface area contributed by atoms with E-state index < -0.39 is 50.7 Å². The lowest BCUT2D eigenvalue weighted by atomic mass is 10.1. The van der Waals surface area contributed by atoms with Gasteiger partial charge >= 0.3 is 0 Å². The van der Waals surface area contributed by atoms with Crippen molar-refractivity contribution in [3.05, 3.63) is 71.4 Å². The fraction of sp³-hybridized carbons (Fsp3) is 0.379. The highest BCUT2D eigenvalue weighted by Crippen LogP contribution is 2.30. The van der Waals surface area contributed by atoms with Crippen LogP contribution in [0.5, 0.6) is 0 Å². The van der Waals surface area contributed by atoms with Crippen LogP contribution in [0.1, 0.15) is 52.5 Å². The SMILES string of the molecule is CC(=O)c1cn(CC(=O)N2C[C@H](F)C[C@H]2C(=O)NCc2ccccc2)c2ccc(C(=O)CS(=O)(=O)C3CC3)cc12. The first-order valence-corrected chi connectivity index (χ1v) is 14.9. The number of benzene rings is 2. The first-order valence-electron chi connectivity index (χ1n) is 13.2. The number of hydrogen-bond acceptors (Lipinski definition) is 6. The standard InChI is InChI=1S/C29H30FN3O6S/c1-18(34)24-15-32(25-10-7-20(11-23(24)25)27(35)17-40(38,39)22-8-9-22)16-28(36)33-14-21(30)12-26(33)29(37)31-13-19-5-3-2-4-6-19/h2-7,10-11,15,21-22,26H,8-9,12-14,16-17H2,1H3,(H,31,37)/t21-,26+/m1/s1. The zero-order valence-electron chi connectivity index (χ0n) is 22.0. The van der Waals surface area contributed by atoms with Crippen LogP contribution < -0.4 is 5.32 Å². The van der Waals surface area contributed by atoms with Crippen LogP contribution in [0, 0.1) is 0 Å². The molecule has 3 aromatic rings. The van der Waals surface area contributed by atoms with E-state index in [1.54, 1.807) is 6.07 Å². The monoisotopic (exact) mass is 567 g/mol. The van der Waals surface area contributed by atoms with Gasteiger partial charge in [-0.2, -0.15) is 0 Å². The molecule has 2 aromatic carbocycles. The number of hydrogen-bond donors (Lipinski definition) is 1. The van der Waals surface area contributed by atoms with Crippen molar-refractivity contribution in [3.63, 3.8) is 0 Å². The number of halogens is 1. The van der Waals surface area contributed by atoms with Gasteiger partial charge in [0.25, 0.3) is 0 Å². The Hall–Kier alpha value is -3.86. The van der Waals surface area contributed by atoms with E-state index in [1.165, 1.54) is 34.7 Å². The summed E-state index contributed by atoms with van der Waals surface area (Å²) >= 11 is 0. The van der Waals surface area contributed by atoms with Crippen molar-refractivity contribution in [3.8, 4) is 0 Å². The zero-order chi connectivity index (χ0) is 28.6. The lowest BCUT2D eigenvalue weighted by Crippen LogP contribution is -2.46. The molecule has 1 aromatic heterocycles. The Kier molecular flexibility index (Phi) is 7.59. The van der Waals surface area contributed by atoms with Gasteiger partial charge in [0.1, 0.15) is 24.5 Å². The van der Waals surface area contributed by atoms with E-state index in [4.69, 9.17) is 0 Å². The molecule has 0 radical (unpaired) electrons. The van der Waals surface area contributed by atoms with Crippen LogP contribution in [0.4, 0.5) is 4.39 Å². The quantitative estimate of drug-likeness (QED) is 0.376. The van der Waals surface area contributed by atoms with Crippen LogP contribution in [0.2, 0.25) is 0 Å². The molecule has 1 aliphatic heterocycles. The Balaban J connectivity index is 1.34. The second kappa shape index (κ2) is 11.0. The fourth-order valence-corrected chi connectivity index (χ4v) is 6.76. The Morgan fingerprint density at radius 3 is 2.45 bits per heavy atom. The predicted octanol–water partition coefficient (Wildman–Crippen LogP) is 2.86. The van der Waals surface area contributed by atoms with Gasteiger partial charge in [-0.15, -0.1) is 0 Å². The Bertz CT molecular complexity index is 1600. The second-order valence-corrected chi connectivity index (χ2v) is 12.8. The van der Waals surface area contributed by atoms with E-state index in [9.17, 15) is 32.0 Å². The number of aromatic nitrogens is 1. The minimum Gasteiger partial charge on any atom is -0.350 e. The van der Waals surface area contributed by atoms with Crippen molar-refractivity contribution < 1.29 is 32.0 Å². The highest BCUT2D eigenvalue weighted by molar-refractivity contribution is 7.93. The maximum absolute atomic E-state index is 14.4. The average Bonchev–Trinajstić information content (AvgIpc) is 3.63. The van der Waals surface area contributed by atoms with Gasteiger partial charge in [-0.05, 0) is 43.5 Å². The maximum Gasteiger partial charge on any atom is 0.243 e. The summed E-state index contributed by atoms with van der Waals surface area (Å²) in [6, 6.07) is 12.8. The third-order valence-electron chi connectivity index (χ3n) is 7.44. The van der Waals surface area contributed by atoms with Crippen molar-refractivity contribution in [2.45, 2.75) is 56.7 Å². The van der Waals surface area contributed by atoms with Gasteiger partial charge in [-0.25, -0.2) is 12.8 Å². The molecule has 2 atom stereocenters. The molecule has 1 saturated carbocycles. The average molecular weight is 568 g/mol. The molecular formula is C29H30FN3O6S. The van der Waals surface area contributed by atoms with E-state index in [2.05, 4.69) is 5.32 Å². The number of amides is 2. The fourth-order valence-electron chi connectivity index (χ4n) is 5.14. The number of ketones is 2. The molecule has 9 nitrogen and oxygen atoms in total. The van der Waals surface area contributed by atoms with Gasteiger partial charge in [-0.1, -0.05) is 30.3 Å². The number of carbonyl (C=O) groups is 4. The molecule has 2 amide bonds. The molecule has 0 spiro atoms. The number of carbonyl (C=O) groups excluding carboxylic acids is 4. The molecule has 0 bridgehead atoms. The molecule has 11 heteroatoms. The molecule has 5 rings (SSSR count). The van der Waals surface area contributed by atoms with E-state index in [1.807, 2.05) is 30.3 Å². The third kappa shape index (κ3) is 5.84. The molecule has 2 fully saturated rings. The lowest BCUT2D eigenvalue weighted by Gasteiger charge is -2.24. The van der Waals surface area contributed by atoms with Crippen LogP contribution in [-0.4, -0.2) is 71.0 Å². The normalized spacial score (nSPS) is 19.1. The predicted molar refractivity (Wildman–Crippen MR) is 146 cm³/mol. The van der Waals surface area contributed by atoms with Gasteiger partial charge < -0.3 is 14.8 Å². The van der Waals surface area contributed by atoms with Crippen molar-refractivity contribution >= 4 is 44.1 Å². The summed E-state index contributed by atoms with van der Waals surface area (Å²) in [5.41, 5.74) is 1.80. The van der Waals surface area contributed by atoms with Crippen molar-refractivity contribution in [2.24, 2.45) is 0 Å². The Morgan fingerprint density at radius 2 is 1.77 bits per heavy atom. The summed E-state index contributed by atoms with van der Waals surface area (Å²) in [5.74, 6) is -2.37. The van der Waals surface area contributed by atoms with Gasteiger partial charge in [-0.3, -0.25) is 19.2 Å². The number of sulfone groups is 1. The zero-order valence-corrected chi connectivity index (χ0v) is 22.8. The smallest absolute Gasteiger partial charge is 0.243 e. The van der Waals surface area contributed by atoms with Crippen LogP contribution in [0.3, 0.4) is 0 Å². The summed E-state index contributed by atoms with van der Waals surface area (Å²) < 4.78 is 40.5. The largest absolute Gasteiger partial charge is 0.350 e. The molecule has 0 unspecified atom stereocenters. The number of fused-ring (bicyclic) bond motifs is 1. The number of Topliss-reactive ketones (excluding diaryl/α,β-unsaturated/α-hetero) is 2. The van der Waals surface area contributed by atoms with E-state index in [0.717, 1.165) is 5.56 Å². The minimum absolute atomic E-state index is 0.104. The molecule has 2 heterocycles. The van der Waals surface area contributed by atoms with E-state index in [0.29, 0.717) is 23.7 Å². The van der Waals surface area contributed by atoms with Crippen LogP contribution >= 0.6 is 0 Å². The van der Waals surface area contributed by atoms with Gasteiger partial charge in [0.2, 0.25) is 11.8 Å². The molecule has 1 saturated heterocycles. The van der Waals surface area contributed by atoms with Gasteiger partial charge in [0, 0.05) is 41.2 Å². The van der Waals surface area contributed by atoms with Crippen molar-refractivity contribution in [1.29, 1.82) is 0 Å². The van der Waals surface area contributed by atoms with Gasteiger partial charge in [0.15, 0.2) is 21.4 Å². The molecule has 2 aliphatic rings. The van der Waals surface area contributed by atoms with Crippen molar-refractivity contribution in [2.75, 3.05) is 12.3 Å². The first-order chi connectivity index (χ1) is 19.0. The van der Waals surface area contributed by atoms with Crippen LogP contribution in [0.25, 0.3) is 10.9 Å². The van der Waals surface area contributed by atoms with Crippen LogP contribution in [-0.2, 0) is 32.5 Å². The Labute approximate surface area is 231 Å². The minimum atomic E-state index is -3.51. The first kappa shape index (κ1) is 27.7. The number of nitrogens with zero attached hydrogens (tertiary/aromatic N) is 2. The molecule has 210 valence electrons. The summed E-state index contributed by atoms with van der Waals surface area (Å²) in [6.07, 6.45) is 1.18. The highest BCUT2D eigenvalue weighted by atomic mass is 32.2. The van der Waals surface area contributed by atoms with Gasteiger partial charge in [0.05, 0.1) is 11.8 Å². The topological polar surface area (TPSA) is 123 Å².